The zero-order valence-electron chi connectivity index (χ0n) is 38.0. The van der Waals surface area contributed by atoms with Gasteiger partial charge in [-0.2, -0.15) is 0 Å². The lowest BCUT2D eigenvalue weighted by atomic mass is 9.78. The van der Waals surface area contributed by atoms with Gasteiger partial charge in [-0.1, -0.05) is 71.1 Å². The molecular formula is C48H73NO13. The number of carbonyl (C=O) groups is 5. The summed E-state index contributed by atoms with van der Waals surface area (Å²) in [5, 5.41) is 55.2. The van der Waals surface area contributed by atoms with E-state index in [0.717, 1.165) is 4.90 Å². The van der Waals surface area contributed by atoms with Crippen LogP contribution in [0.15, 0.2) is 47.6 Å². The molecule has 1 unspecified atom stereocenters. The molecule has 2 saturated heterocycles. The van der Waals surface area contributed by atoms with E-state index in [-0.39, 0.29) is 61.0 Å². The van der Waals surface area contributed by atoms with E-state index >= 15 is 0 Å². The number of rotatable bonds is 4. The summed E-state index contributed by atoms with van der Waals surface area (Å²) >= 11 is 0. The maximum absolute atomic E-state index is 14.1. The fraction of sp³-hybridized carbons (Fsp3) is 0.729. The molecule has 4 aliphatic rings. The number of Topliss-reactive ketones (excluding diaryl/α,β-unsaturated/α-hetero) is 3. The van der Waals surface area contributed by atoms with Crippen molar-refractivity contribution in [2.45, 2.75) is 174 Å². The molecule has 5 N–H and O–H groups in total. The van der Waals surface area contributed by atoms with Crippen LogP contribution in [0.5, 0.6) is 0 Å². The van der Waals surface area contributed by atoms with Crippen LogP contribution in [0, 0.1) is 35.5 Å². The van der Waals surface area contributed by atoms with Crippen LogP contribution >= 0.6 is 0 Å². The zero-order valence-corrected chi connectivity index (χ0v) is 38.0. The second kappa shape index (κ2) is 23.0. The molecule has 0 radical (unpaired) electrons. The fourth-order valence-corrected chi connectivity index (χ4v) is 9.46. The first-order valence-electron chi connectivity index (χ1n) is 22.7. The van der Waals surface area contributed by atoms with Crippen LogP contribution < -0.4 is 0 Å². The van der Waals surface area contributed by atoms with Crippen LogP contribution in [0.4, 0.5) is 0 Å². The van der Waals surface area contributed by atoms with E-state index in [0.29, 0.717) is 56.9 Å². The van der Waals surface area contributed by atoms with Crippen molar-refractivity contribution in [1.29, 1.82) is 0 Å². The minimum Gasteiger partial charge on any atom is -0.460 e. The van der Waals surface area contributed by atoms with Crippen LogP contribution in [0.3, 0.4) is 0 Å². The minimum atomic E-state index is -2.48. The third-order valence-electron chi connectivity index (χ3n) is 13.7. The molecule has 348 valence electrons. The molecule has 3 aliphatic heterocycles. The van der Waals surface area contributed by atoms with Crippen molar-refractivity contribution in [1.82, 2.24) is 4.90 Å². The SMILES string of the molecule is CO[C@@H]1C[C@H](C[C@@H](C)[C@@H]2CC(=O)[C@H](C)/C=C(\C)[C@@H](O)[C@@H](O)C(=O)[C@H](C)C[C@H](C)/C=C/C=C/C=C(\C)[C@@H](O)C[C@@H]3CC[C@@H](C)[C@@](O)(O3)C(=O)C(=O)N3CCCC3C(=O)O2)CC[C@H]1O. The van der Waals surface area contributed by atoms with Crippen molar-refractivity contribution in [2.24, 2.45) is 35.5 Å². The van der Waals surface area contributed by atoms with Crippen molar-refractivity contribution >= 4 is 29.2 Å². The molecule has 0 aromatic heterocycles. The van der Waals surface area contributed by atoms with E-state index in [2.05, 4.69) is 0 Å². The maximum atomic E-state index is 14.1. The van der Waals surface area contributed by atoms with Crippen molar-refractivity contribution < 1.29 is 63.7 Å². The molecule has 0 spiro atoms. The first-order valence-corrected chi connectivity index (χ1v) is 22.7. The van der Waals surface area contributed by atoms with Gasteiger partial charge in [-0.3, -0.25) is 19.2 Å². The van der Waals surface area contributed by atoms with E-state index in [9.17, 15) is 49.5 Å². The van der Waals surface area contributed by atoms with Gasteiger partial charge in [0, 0.05) is 44.2 Å². The number of amides is 1. The van der Waals surface area contributed by atoms with Gasteiger partial charge in [0.05, 0.1) is 24.4 Å². The third kappa shape index (κ3) is 13.1. The first-order chi connectivity index (χ1) is 29.2. The summed E-state index contributed by atoms with van der Waals surface area (Å²) in [7, 11) is 1.55. The number of aliphatic hydroxyl groups is 5. The highest BCUT2D eigenvalue weighted by Crippen LogP contribution is 2.37. The van der Waals surface area contributed by atoms with Crippen molar-refractivity contribution in [3.8, 4) is 0 Å². The van der Waals surface area contributed by atoms with Gasteiger partial charge in [-0.25, -0.2) is 4.79 Å². The molecule has 15 atom stereocenters. The molecule has 3 heterocycles. The van der Waals surface area contributed by atoms with Crippen molar-refractivity contribution in [3.05, 3.63) is 47.6 Å². The monoisotopic (exact) mass is 872 g/mol. The van der Waals surface area contributed by atoms with Gasteiger partial charge in [0.2, 0.25) is 5.79 Å². The number of esters is 1. The molecule has 62 heavy (non-hydrogen) atoms. The highest BCUT2D eigenvalue weighted by atomic mass is 16.6. The normalized spacial score (nSPS) is 41.6. The molecule has 1 aliphatic carbocycles. The molecule has 0 aromatic carbocycles. The third-order valence-corrected chi connectivity index (χ3v) is 13.7. The highest BCUT2D eigenvalue weighted by Gasteiger charge is 2.53. The van der Waals surface area contributed by atoms with E-state index < -0.39 is 89.6 Å². The molecule has 4 rings (SSSR count). The Balaban J connectivity index is 1.65. The van der Waals surface area contributed by atoms with Gasteiger partial charge < -0.3 is 44.6 Å². The number of carbonyl (C=O) groups excluding carboxylic acids is 5. The van der Waals surface area contributed by atoms with Crippen LogP contribution in [-0.4, -0.2) is 128 Å². The second-order valence-electron chi connectivity index (χ2n) is 18.8. The Hall–Kier alpha value is -3.37. The van der Waals surface area contributed by atoms with Crippen molar-refractivity contribution in [3.63, 3.8) is 0 Å². The molecule has 1 amide bonds. The predicted octanol–water partition coefficient (Wildman–Crippen LogP) is 4.48. The summed E-state index contributed by atoms with van der Waals surface area (Å²) in [5.41, 5.74) is 0.839. The Labute approximate surface area is 367 Å². The van der Waals surface area contributed by atoms with Gasteiger partial charge in [0.15, 0.2) is 5.78 Å². The molecule has 3 fully saturated rings. The lowest BCUT2D eigenvalue weighted by Crippen LogP contribution is -2.59. The van der Waals surface area contributed by atoms with Gasteiger partial charge >= 0.3 is 5.97 Å². The lowest BCUT2D eigenvalue weighted by Gasteiger charge is -2.41. The average molecular weight is 872 g/mol. The molecule has 0 aromatic rings. The number of ether oxygens (including phenoxy) is 3. The van der Waals surface area contributed by atoms with Crippen LogP contribution in [0.2, 0.25) is 0 Å². The maximum Gasteiger partial charge on any atom is 0.329 e. The summed E-state index contributed by atoms with van der Waals surface area (Å²) in [6, 6.07) is -1.16. The number of hydrogen-bond donors (Lipinski definition) is 5. The van der Waals surface area contributed by atoms with Crippen molar-refractivity contribution in [2.75, 3.05) is 13.7 Å². The summed E-state index contributed by atoms with van der Waals surface area (Å²) < 4.78 is 17.6. The summed E-state index contributed by atoms with van der Waals surface area (Å²) in [5.74, 6) is -8.88. The van der Waals surface area contributed by atoms with Gasteiger partial charge in [0.25, 0.3) is 11.7 Å². The largest absolute Gasteiger partial charge is 0.460 e. The first kappa shape index (κ1) is 51.3. The van der Waals surface area contributed by atoms with Gasteiger partial charge in [0.1, 0.15) is 30.1 Å². The average Bonchev–Trinajstić information content (AvgIpc) is 3.73. The number of hydrogen-bond acceptors (Lipinski definition) is 13. The summed E-state index contributed by atoms with van der Waals surface area (Å²) in [6.07, 6.45) is 7.50. The summed E-state index contributed by atoms with van der Waals surface area (Å²) in [4.78, 5) is 70.3. The molecule has 14 nitrogen and oxygen atoms in total. The fourth-order valence-electron chi connectivity index (χ4n) is 9.46. The quantitative estimate of drug-likeness (QED) is 0.150. The van der Waals surface area contributed by atoms with E-state index in [1.165, 1.54) is 13.0 Å². The molecular weight excluding hydrogens is 799 g/mol. The van der Waals surface area contributed by atoms with E-state index in [1.54, 1.807) is 53.0 Å². The molecule has 2 bridgehead atoms. The smallest absolute Gasteiger partial charge is 0.329 e. The van der Waals surface area contributed by atoms with Gasteiger partial charge in [-0.15, -0.1) is 0 Å². The minimum absolute atomic E-state index is 0.0566. The highest BCUT2D eigenvalue weighted by molar-refractivity contribution is 6.39. The molecule has 14 heteroatoms. The standard InChI is InChI=1S/C48H73NO13/c1-27-13-10-9-11-14-28(2)38(51)25-35-18-16-33(7)48(59,62-35)45(56)46(57)49-20-12-15-36(49)47(58)61-40(30(4)23-34-17-19-37(50)41(24-34)60-8)26-39(52)29(3)22-32(6)43(54)44(55)42(53)31(5)21-27/h9-11,13-14,22,27,29-31,33-38,40-41,43-44,50-51,54-55,59H,12,15-21,23-26H2,1-8H3/b11-9+,13-10+,28-14+,32-22+/t27-,29-,30-,31-,33-,34+,35+,36?,37-,38+,40+,41-,43-,44+,48-/m1/s1. The number of aliphatic hydroxyl groups excluding tert-OH is 4. The van der Waals surface area contributed by atoms with Gasteiger partial charge in [-0.05, 0) is 101 Å². The zero-order chi connectivity index (χ0) is 46.1. The van der Waals surface area contributed by atoms with Crippen LogP contribution in [0.1, 0.15) is 119 Å². The predicted molar refractivity (Wildman–Crippen MR) is 231 cm³/mol. The Morgan fingerprint density at radius 2 is 1.58 bits per heavy atom. The summed E-state index contributed by atoms with van der Waals surface area (Å²) in [6.45, 7) is 12.1. The number of nitrogens with zero attached hydrogens (tertiary/aromatic N) is 1. The topological polar surface area (TPSA) is 217 Å². The number of allylic oxidation sites excluding steroid dienone is 6. The van der Waals surface area contributed by atoms with Crippen LogP contribution in [-0.2, 0) is 38.2 Å². The van der Waals surface area contributed by atoms with E-state index in [1.807, 2.05) is 26.0 Å². The lowest BCUT2D eigenvalue weighted by molar-refractivity contribution is -0.265. The van der Waals surface area contributed by atoms with Crippen LogP contribution in [0.25, 0.3) is 0 Å². The molecule has 1 saturated carbocycles. The Bertz CT molecular complexity index is 1700. The van der Waals surface area contributed by atoms with E-state index in [4.69, 9.17) is 14.2 Å². The second-order valence-corrected chi connectivity index (χ2v) is 18.8. The Morgan fingerprint density at radius 3 is 2.27 bits per heavy atom. The Morgan fingerprint density at radius 1 is 0.871 bits per heavy atom. The number of methoxy groups -OCH3 is 1. The number of cyclic esters (lactones) is 1. The Kier molecular flexibility index (Phi) is 19.0. The number of ketones is 3. The number of fused-ring (bicyclic) bond motifs is 3.